The molecule has 0 saturated carbocycles. The molecule has 1 amide bonds. The molecule has 5 heteroatoms. The van der Waals surface area contributed by atoms with E-state index in [0.717, 1.165) is 42.8 Å². The van der Waals surface area contributed by atoms with Crippen LogP contribution in [0.3, 0.4) is 0 Å². The summed E-state index contributed by atoms with van der Waals surface area (Å²) >= 11 is 0. The number of aromatic nitrogens is 1. The van der Waals surface area contributed by atoms with Crippen molar-refractivity contribution >= 4 is 16.8 Å². The minimum Gasteiger partial charge on any atom is -0.491 e. The van der Waals surface area contributed by atoms with Gasteiger partial charge in [0.15, 0.2) is 0 Å². The summed E-state index contributed by atoms with van der Waals surface area (Å²) < 4.78 is 5.76. The molecule has 1 fully saturated rings. The number of hydrogen-bond acceptors (Lipinski definition) is 4. The average molecular weight is 285 g/mol. The zero-order chi connectivity index (χ0) is 14.5. The van der Waals surface area contributed by atoms with E-state index in [0.29, 0.717) is 13.0 Å². The molecule has 3 rings (SSSR count). The van der Waals surface area contributed by atoms with Gasteiger partial charge in [-0.15, -0.1) is 0 Å². The number of para-hydroxylation sites is 1. The third kappa shape index (κ3) is 3.31. The van der Waals surface area contributed by atoms with Gasteiger partial charge >= 0.3 is 0 Å². The first kappa shape index (κ1) is 13.8. The van der Waals surface area contributed by atoms with Crippen LogP contribution in [0.25, 0.3) is 10.9 Å². The molecule has 0 bridgehead atoms. The lowest BCUT2D eigenvalue weighted by Gasteiger charge is -2.27. The lowest BCUT2D eigenvalue weighted by Crippen LogP contribution is -2.46. The molecule has 110 valence electrons. The third-order valence-electron chi connectivity index (χ3n) is 3.64. The third-order valence-corrected chi connectivity index (χ3v) is 3.64. The molecular weight excluding hydrogens is 266 g/mol. The Morgan fingerprint density at radius 2 is 2.05 bits per heavy atom. The first-order chi connectivity index (χ1) is 10.3. The molecule has 0 radical (unpaired) electrons. The van der Waals surface area contributed by atoms with E-state index in [-0.39, 0.29) is 5.91 Å². The second-order valence-corrected chi connectivity index (χ2v) is 5.06. The first-order valence-electron chi connectivity index (χ1n) is 7.29. The number of piperazine rings is 1. The summed E-state index contributed by atoms with van der Waals surface area (Å²) in [5, 5.41) is 4.28. The average Bonchev–Trinajstić information content (AvgIpc) is 2.56. The zero-order valence-corrected chi connectivity index (χ0v) is 11.9. The summed E-state index contributed by atoms with van der Waals surface area (Å²) in [5.74, 6) is 0.894. The van der Waals surface area contributed by atoms with Crippen LogP contribution in [0, 0.1) is 0 Å². The lowest BCUT2D eigenvalue weighted by atomic mass is 10.2. The van der Waals surface area contributed by atoms with Crippen molar-refractivity contribution in [3.05, 3.63) is 36.5 Å². The number of amides is 1. The number of benzene rings is 1. The fourth-order valence-corrected chi connectivity index (χ4v) is 2.51. The second-order valence-electron chi connectivity index (χ2n) is 5.06. The van der Waals surface area contributed by atoms with Crippen molar-refractivity contribution in [2.24, 2.45) is 0 Å². The smallest absolute Gasteiger partial charge is 0.226 e. The van der Waals surface area contributed by atoms with E-state index in [1.165, 1.54) is 0 Å². The van der Waals surface area contributed by atoms with Gasteiger partial charge < -0.3 is 15.0 Å². The summed E-state index contributed by atoms with van der Waals surface area (Å²) in [6.45, 7) is 3.71. The van der Waals surface area contributed by atoms with Crippen LogP contribution in [0.2, 0.25) is 0 Å². The highest BCUT2D eigenvalue weighted by Crippen LogP contribution is 2.22. The summed E-state index contributed by atoms with van der Waals surface area (Å²) in [5.41, 5.74) is 0.842. The SMILES string of the molecule is O=C(CCOc1cccc2cccnc12)N1CCNCC1. The first-order valence-corrected chi connectivity index (χ1v) is 7.29. The van der Waals surface area contributed by atoms with E-state index >= 15 is 0 Å². The number of ether oxygens (including phenoxy) is 1. The van der Waals surface area contributed by atoms with E-state index in [9.17, 15) is 4.79 Å². The largest absolute Gasteiger partial charge is 0.491 e. The van der Waals surface area contributed by atoms with Gasteiger partial charge in [-0.25, -0.2) is 0 Å². The van der Waals surface area contributed by atoms with Crippen LogP contribution in [-0.2, 0) is 4.79 Å². The van der Waals surface area contributed by atoms with Crippen molar-refractivity contribution in [1.29, 1.82) is 0 Å². The Labute approximate surface area is 123 Å². The van der Waals surface area contributed by atoms with Crippen molar-refractivity contribution in [1.82, 2.24) is 15.2 Å². The monoisotopic (exact) mass is 285 g/mol. The van der Waals surface area contributed by atoms with Gasteiger partial charge in [0.2, 0.25) is 5.91 Å². The predicted octanol–water partition coefficient (Wildman–Crippen LogP) is 1.44. The molecular formula is C16H19N3O2. The predicted molar refractivity (Wildman–Crippen MR) is 81.3 cm³/mol. The molecule has 1 saturated heterocycles. The summed E-state index contributed by atoms with van der Waals surface area (Å²) in [6.07, 6.45) is 2.16. The van der Waals surface area contributed by atoms with Crippen molar-refractivity contribution in [2.45, 2.75) is 6.42 Å². The highest BCUT2D eigenvalue weighted by atomic mass is 16.5. The van der Waals surface area contributed by atoms with Gasteiger partial charge in [-0.1, -0.05) is 18.2 Å². The van der Waals surface area contributed by atoms with Crippen LogP contribution < -0.4 is 10.1 Å². The summed E-state index contributed by atoms with van der Waals surface area (Å²) in [6, 6.07) is 9.74. The van der Waals surface area contributed by atoms with Crippen molar-refractivity contribution in [3.8, 4) is 5.75 Å². The second kappa shape index (κ2) is 6.54. The molecule has 0 spiro atoms. The number of carbonyl (C=O) groups is 1. The fourth-order valence-electron chi connectivity index (χ4n) is 2.51. The molecule has 2 heterocycles. The fraction of sp³-hybridized carbons (Fsp3) is 0.375. The Balaban J connectivity index is 1.58. The van der Waals surface area contributed by atoms with Crippen molar-refractivity contribution < 1.29 is 9.53 Å². The summed E-state index contributed by atoms with van der Waals surface area (Å²) in [7, 11) is 0. The van der Waals surface area contributed by atoms with Crippen LogP contribution in [0.5, 0.6) is 5.75 Å². The molecule has 1 aromatic heterocycles. The molecule has 21 heavy (non-hydrogen) atoms. The zero-order valence-electron chi connectivity index (χ0n) is 11.9. The van der Waals surface area contributed by atoms with Gasteiger partial charge in [0.25, 0.3) is 0 Å². The van der Waals surface area contributed by atoms with E-state index in [1.807, 2.05) is 35.2 Å². The maximum Gasteiger partial charge on any atom is 0.226 e. The van der Waals surface area contributed by atoms with Gasteiger partial charge in [0, 0.05) is 37.8 Å². The number of rotatable bonds is 4. The van der Waals surface area contributed by atoms with Crippen molar-refractivity contribution in [2.75, 3.05) is 32.8 Å². The number of nitrogens with one attached hydrogen (secondary N) is 1. The number of fused-ring (bicyclic) bond motifs is 1. The number of hydrogen-bond donors (Lipinski definition) is 1. The molecule has 0 unspecified atom stereocenters. The minimum absolute atomic E-state index is 0.157. The van der Waals surface area contributed by atoms with E-state index < -0.39 is 0 Å². The van der Waals surface area contributed by atoms with Crippen LogP contribution in [-0.4, -0.2) is 48.6 Å². The van der Waals surface area contributed by atoms with E-state index in [1.54, 1.807) is 6.20 Å². The quantitative estimate of drug-likeness (QED) is 0.923. The Kier molecular flexibility index (Phi) is 4.31. The topological polar surface area (TPSA) is 54.5 Å². The Bertz CT molecular complexity index is 618. The van der Waals surface area contributed by atoms with Gasteiger partial charge in [0.1, 0.15) is 11.3 Å². The van der Waals surface area contributed by atoms with Gasteiger partial charge in [-0.3, -0.25) is 9.78 Å². The molecule has 0 aliphatic carbocycles. The molecule has 1 aliphatic rings. The van der Waals surface area contributed by atoms with Gasteiger partial charge in [-0.2, -0.15) is 0 Å². The molecule has 2 aromatic rings. The van der Waals surface area contributed by atoms with Crippen LogP contribution in [0.15, 0.2) is 36.5 Å². The van der Waals surface area contributed by atoms with Gasteiger partial charge in [0.05, 0.1) is 13.0 Å². The summed E-state index contributed by atoms with van der Waals surface area (Å²) in [4.78, 5) is 18.3. The molecule has 1 aromatic carbocycles. The highest BCUT2D eigenvalue weighted by molar-refractivity contribution is 5.84. The van der Waals surface area contributed by atoms with E-state index in [4.69, 9.17) is 4.74 Å². The molecule has 1 aliphatic heterocycles. The van der Waals surface area contributed by atoms with Crippen LogP contribution >= 0.6 is 0 Å². The number of nitrogens with zero attached hydrogens (tertiary/aromatic N) is 2. The standard InChI is InChI=1S/C16H19N3O2/c20-15(19-10-8-17-9-11-19)6-12-21-14-5-1-3-13-4-2-7-18-16(13)14/h1-5,7,17H,6,8-12H2. The molecule has 1 N–H and O–H groups in total. The number of pyridine rings is 1. The highest BCUT2D eigenvalue weighted by Gasteiger charge is 2.15. The van der Waals surface area contributed by atoms with E-state index in [2.05, 4.69) is 10.3 Å². The Morgan fingerprint density at radius 3 is 2.90 bits per heavy atom. The van der Waals surface area contributed by atoms with Crippen LogP contribution in [0.1, 0.15) is 6.42 Å². The maximum absolute atomic E-state index is 12.1. The normalized spacial score (nSPS) is 15.1. The van der Waals surface area contributed by atoms with Crippen LogP contribution in [0.4, 0.5) is 0 Å². The van der Waals surface area contributed by atoms with Crippen molar-refractivity contribution in [3.63, 3.8) is 0 Å². The Morgan fingerprint density at radius 1 is 1.24 bits per heavy atom. The Hall–Kier alpha value is -2.14. The maximum atomic E-state index is 12.1. The lowest BCUT2D eigenvalue weighted by molar-refractivity contribution is -0.132. The van der Waals surface area contributed by atoms with Gasteiger partial charge in [-0.05, 0) is 12.1 Å². The minimum atomic E-state index is 0.157. The number of carbonyl (C=O) groups excluding carboxylic acids is 1. The molecule has 5 nitrogen and oxygen atoms in total. The molecule has 0 atom stereocenters.